The van der Waals surface area contributed by atoms with E-state index in [-0.39, 0.29) is 0 Å². The van der Waals surface area contributed by atoms with Crippen molar-refractivity contribution >= 4 is 54.9 Å². The topological polar surface area (TPSA) is 31.2 Å². The first-order valence-corrected chi connectivity index (χ1v) is 11.8. The highest BCUT2D eigenvalue weighted by atomic mass is 16.3. The van der Waals surface area contributed by atoms with Crippen molar-refractivity contribution in [2.24, 2.45) is 0 Å². The fourth-order valence-corrected chi connectivity index (χ4v) is 5.49. The van der Waals surface area contributed by atoms with E-state index in [0.29, 0.717) is 0 Å². The van der Waals surface area contributed by atoms with Gasteiger partial charge in [0.25, 0.3) is 0 Å². The molecule has 164 valence electrons. The Labute approximate surface area is 200 Å². The molecule has 3 nitrogen and oxygen atoms in total. The maximum absolute atomic E-state index is 6.53. The van der Waals surface area contributed by atoms with Gasteiger partial charge >= 0.3 is 0 Å². The Morgan fingerprint density at radius 2 is 1.26 bits per heavy atom. The minimum Gasteiger partial charge on any atom is -0.456 e. The lowest BCUT2D eigenvalue weighted by molar-refractivity contribution is 0.669. The van der Waals surface area contributed by atoms with Crippen LogP contribution in [-0.2, 0) is 0 Å². The van der Waals surface area contributed by atoms with E-state index in [1.165, 1.54) is 0 Å². The van der Waals surface area contributed by atoms with Gasteiger partial charge < -0.3 is 13.4 Å². The molecule has 0 fully saturated rings. The normalized spacial score (nSPS) is 12.0. The second-order valence-corrected chi connectivity index (χ2v) is 8.96. The fourth-order valence-electron chi connectivity index (χ4n) is 5.49. The van der Waals surface area contributed by atoms with E-state index < -0.39 is 0 Å². The highest BCUT2D eigenvalue weighted by molar-refractivity contribution is 6.20. The van der Waals surface area contributed by atoms with Crippen LogP contribution in [0.4, 0.5) is 0 Å². The summed E-state index contributed by atoms with van der Waals surface area (Å²) in [6, 6.07) is 40.0. The van der Waals surface area contributed by atoms with Crippen LogP contribution in [0.2, 0.25) is 0 Å². The van der Waals surface area contributed by atoms with Crippen LogP contribution < -0.4 is 0 Å². The molecule has 0 saturated heterocycles. The van der Waals surface area contributed by atoms with Gasteiger partial charge in [0.05, 0.1) is 10.9 Å². The van der Waals surface area contributed by atoms with E-state index in [0.717, 1.165) is 71.7 Å². The molecule has 0 spiro atoms. The largest absolute Gasteiger partial charge is 0.456 e. The van der Waals surface area contributed by atoms with Gasteiger partial charge in [0.15, 0.2) is 5.58 Å². The van der Waals surface area contributed by atoms with E-state index >= 15 is 0 Å². The lowest BCUT2D eigenvalue weighted by Crippen LogP contribution is -1.93. The van der Waals surface area contributed by atoms with Crippen molar-refractivity contribution in [2.45, 2.75) is 0 Å². The van der Waals surface area contributed by atoms with Crippen molar-refractivity contribution in [3.63, 3.8) is 0 Å². The van der Waals surface area contributed by atoms with Gasteiger partial charge in [0.1, 0.15) is 22.3 Å². The average molecular weight is 450 g/mol. The van der Waals surface area contributed by atoms with Crippen LogP contribution in [0.25, 0.3) is 71.7 Å². The van der Waals surface area contributed by atoms with Crippen LogP contribution in [0.5, 0.6) is 0 Å². The summed E-state index contributed by atoms with van der Waals surface area (Å²) in [7, 11) is 0. The van der Waals surface area contributed by atoms with Gasteiger partial charge in [-0.2, -0.15) is 0 Å². The fraction of sp³-hybridized carbons (Fsp3) is 0. The summed E-state index contributed by atoms with van der Waals surface area (Å²) in [5.74, 6) is 0. The third-order valence-corrected chi connectivity index (χ3v) is 7.01. The minimum atomic E-state index is 0.889. The van der Waals surface area contributed by atoms with Crippen LogP contribution in [0.15, 0.2) is 124 Å². The second kappa shape index (κ2) is 6.87. The van der Waals surface area contributed by atoms with Crippen LogP contribution in [-0.4, -0.2) is 4.57 Å². The molecule has 0 aliphatic heterocycles. The highest BCUT2D eigenvalue weighted by Crippen LogP contribution is 2.43. The number of furan rings is 2. The van der Waals surface area contributed by atoms with Gasteiger partial charge in [-0.15, -0.1) is 0 Å². The number of benzene rings is 5. The average Bonchev–Trinajstić information content (AvgIpc) is 3.57. The molecular weight excluding hydrogens is 430 g/mol. The van der Waals surface area contributed by atoms with Crippen molar-refractivity contribution < 1.29 is 8.83 Å². The molecule has 8 aromatic rings. The number of nitrogens with zero attached hydrogens (tertiary/aromatic N) is 1. The lowest BCUT2D eigenvalue weighted by Gasteiger charge is -2.09. The van der Waals surface area contributed by atoms with Gasteiger partial charge in [-0.05, 0) is 59.7 Å². The maximum atomic E-state index is 6.53. The van der Waals surface area contributed by atoms with E-state index in [2.05, 4.69) is 108 Å². The predicted molar refractivity (Wildman–Crippen MR) is 143 cm³/mol. The van der Waals surface area contributed by atoms with E-state index in [1.807, 2.05) is 12.1 Å². The Hall–Kier alpha value is -4.76. The van der Waals surface area contributed by atoms with Gasteiger partial charge in [-0.1, -0.05) is 66.7 Å². The van der Waals surface area contributed by atoms with Gasteiger partial charge in [0, 0.05) is 21.8 Å². The first kappa shape index (κ1) is 18.6. The molecule has 0 bridgehead atoms. The molecule has 0 amide bonds. The molecule has 0 saturated carbocycles. The number of aromatic nitrogens is 1. The lowest BCUT2D eigenvalue weighted by atomic mass is 9.99. The first-order valence-electron chi connectivity index (χ1n) is 11.8. The number of hydrogen-bond acceptors (Lipinski definition) is 2. The summed E-state index contributed by atoms with van der Waals surface area (Å²) in [5.41, 5.74) is 9.26. The van der Waals surface area contributed by atoms with Crippen molar-refractivity contribution in [1.29, 1.82) is 0 Å². The number of para-hydroxylation sites is 3. The summed E-state index contributed by atoms with van der Waals surface area (Å²) in [5, 5.41) is 4.49. The SMILES string of the molecule is c1ccc(-n2c3ccccc3c3oc4cccc(-c5ccc6oc7ccccc7c6c5)c4c32)cc1. The molecule has 0 aliphatic carbocycles. The summed E-state index contributed by atoms with van der Waals surface area (Å²) in [4.78, 5) is 0. The smallest absolute Gasteiger partial charge is 0.161 e. The standard InChI is InChI=1S/C32H19NO2/c1-2-9-21(10-3-1)33-26-14-6-4-12-24(26)32-31(33)30-22(13-8-16-29(30)35-32)20-17-18-28-25(19-20)23-11-5-7-15-27(23)34-28/h1-19H. The molecule has 35 heavy (non-hydrogen) atoms. The number of rotatable bonds is 2. The third-order valence-electron chi connectivity index (χ3n) is 7.01. The van der Waals surface area contributed by atoms with Crippen molar-refractivity contribution in [1.82, 2.24) is 4.57 Å². The molecule has 0 N–H and O–H groups in total. The molecule has 3 heterocycles. The van der Waals surface area contributed by atoms with Gasteiger partial charge in [-0.3, -0.25) is 0 Å². The van der Waals surface area contributed by atoms with Crippen molar-refractivity contribution in [3.8, 4) is 16.8 Å². The maximum Gasteiger partial charge on any atom is 0.161 e. The second-order valence-electron chi connectivity index (χ2n) is 8.96. The van der Waals surface area contributed by atoms with E-state index in [9.17, 15) is 0 Å². The first-order chi connectivity index (χ1) is 17.4. The Morgan fingerprint density at radius 3 is 2.17 bits per heavy atom. The zero-order chi connectivity index (χ0) is 22.9. The summed E-state index contributed by atoms with van der Waals surface area (Å²) < 4.78 is 14.9. The van der Waals surface area contributed by atoms with Crippen LogP contribution in [0.3, 0.4) is 0 Å². The number of hydrogen-bond donors (Lipinski definition) is 0. The molecule has 0 aliphatic rings. The minimum absolute atomic E-state index is 0.889. The van der Waals surface area contributed by atoms with Crippen LogP contribution in [0.1, 0.15) is 0 Å². The molecule has 5 aromatic carbocycles. The Bertz CT molecular complexity index is 2050. The zero-order valence-electron chi connectivity index (χ0n) is 18.7. The molecular formula is C32H19NO2. The summed E-state index contributed by atoms with van der Waals surface area (Å²) in [6.45, 7) is 0. The quantitative estimate of drug-likeness (QED) is 0.263. The monoisotopic (exact) mass is 449 g/mol. The Balaban J connectivity index is 1.51. The zero-order valence-corrected chi connectivity index (χ0v) is 18.7. The van der Waals surface area contributed by atoms with E-state index in [4.69, 9.17) is 8.83 Å². The Kier molecular flexibility index (Phi) is 3.66. The van der Waals surface area contributed by atoms with Crippen molar-refractivity contribution in [2.75, 3.05) is 0 Å². The Morgan fingerprint density at radius 1 is 0.514 bits per heavy atom. The van der Waals surface area contributed by atoms with Gasteiger partial charge in [0.2, 0.25) is 0 Å². The molecule has 0 atom stereocenters. The third kappa shape index (κ3) is 2.55. The van der Waals surface area contributed by atoms with Crippen LogP contribution in [0, 0.1) is 0 Å². The van der Waals surface area contributed by atoms with E-state index in [1.54, 1.807) is 0 Å². The summed E-state index contributed by atoms with van der Waals surface area (Å²) >= 11 is 0. The number of fused-ring (bicyclic) bond motifs is 8. The van der Waals surface area contributed by atoms with Crippen molar-refractivity contribution in [3.05, 3.63) is 115 Å². The van der Waals surface area contributed by atoms with Gasteiger partial charge in [-0.25, -0.2) is 0 Å². The predicted octanol–water partition coefficient (Wildman–Crippen LogP) is 9.10. The molecule has 0 radical (unpaired) electrons. The van der Waals surface area contributed by atoms with Crippen LogP contribution >= 0.6 is 0 Å². The summed E-state index contributed by atoms with van der Waals surface area (Å²) in [6.07, 6.45) is 0. The molecule has 3 aromatic heterocycles. The molecule has 3 heteroatoms. The molecule has 8 rings (SSSR count). The molecule has 0 unspecified atom stereocenters. The highest BCUT2D eigenvalue weighted by Gasteiger charge is 2.21.